The number of hydrogen-bond acceptors (Lipinski definition) is 5. The normalized spacial score (nSPS) is 10.3. The van der Waals surface area contributed by atoms with Crippen LogP contribution in [0.3, 0.4) is 0 Å². The molecule has 0 fully saturated rings. The molecule has 25 heavy (non-hydrogen) atoms. The standard InChI is InChI=1S/C19H19N5O/c1-13-11-17(24-18(23-13)15-7-9-21-10-8-15)22-12-14-3-5-16(6-4-14)19(25)20-2/h3-11H,12H2,1-2H3,(H,20,25)(H,22,23,24). The Kier molecular flexibility index (Phi) is 4.99. The van der Waals surface area contributed by atoms with Gasteiger partial charge in [0.25, 0.3) is 5.91 Å². The average Bonchev–Trinajstić information content (AvgIpc) is 2.66. The van der Waals surface area contributed by atoms with Gasteiger partial charge in [-0.3, -0.25) is 9.78 Å². The van der Waals surface area contributed by atoms with Gasteiger partial charge in [0.05, 0.1) is 0 Å². The number of aromatic nitrogens is 3. The third-order valence-electron chi connectivity index (χ3n) is 3.71. The van der Waals surface area contributed by atoms with Crippen molar-refractivity contribution in [2.24, 2.45) is 0 Å². The fourth-order valence-electron chi connectivity index (χ4n) is 2.40. The molecule has 0 radical (unpaired) electrons. The van der Waals surface area contributed by atoms with Gasteiger partial charge in [-0.2, -0.15) is 0 Å². The maximum absolute atomic E-state index is 11.6. The summed E-state index contributed by atoms with van der Waals surface area (Å²) in [7, 11) is 1.62. The number of amides is 1. The lowest BCUT2D eigenvalue weighted by atomic mass is 10.1. The van der Waals surface area contributed by atoms with Gasteiger partial charge in [-0.05, 0) is 36.8 Å². The number of rotatable bonds is 5. The Morgan fingerprint density at radius 2 is 1.76 bits per heavy atom. The highest BCUT2D eigenvalue weighted by atomic mass is 16.1. The molecule has 126 valence electrons. The Balaban J connectivity index is 1.73. The summed E-state index contributed by atoms with van der Waals surface area (Å²) in [6.45, 7) is 2.55. The van der Waals surface area contributed by atoms with Crippen LogP contribution in [-0.4, -0.2) is 27.9 Å². The zero-order valence-electron chi connectivity index (χ0n) is 14.2. The van der Waals surface area contributed by atoms with Gasteiger partial charge in [0.1, 0.15) is 5.82 Å². The molecule has 0 unspecified atom stereocenters. The molecule has 3 aromatic rings. The highest BCUT2D eigenvalue weighted by Crippen LogP contribution is 2.17. The molecule has 6 heteroatoms. The van der Waals surface area contributed by atoms with E-state index in [9.17, 15) is 4.79 Å². The van der Waals surface area contributed by atoms with Crippen LogP contribution in [0.4, 0.5) is 5.82 Å². The first-order valence-electron chi connectivity index (χ1n) is 7.96. The summed E-state index contributed by atoms with van der Waals surface area (Å²) in [5.41, 5.74) is 3.52. The predicted octanol–water partition coefficient (Wildman–Crippen LogP) is 2.82. The first kappa shape index (κ1) is 16.6. The summed E-state index contributed by atoms with van der Waals surface area (Å²) in [6, 6.07) is 13.1. The number of anilines is 1. The van der Waals surface area contributed by atoms with E-state index in [1.54, 1.807) is 19.4 Å². The molecular weight excluding hydrogens is 314 g/mol. The van der Waals surface area contributed by atoms with Gasteiger partial charge >= 0.3 is 0 Å². The Bertz CT molecular complexity index is 863. The van der Waals surface area contributed by atoms with E-state index in [2.05, 4.69) is 25.6 Å². The second-order valence-electron chi connectivity index (χ2n) is 5.58. The molecule has 3 rings (SSSR count). The first-order chi connectivity index (χ1) is 12.2. The minimum absolute atomic E-state index is 0.0899. The first-order valence-corrected chi connectivity index (χ1v) is 7.96. The van der Waals surface area contributed by atoms with Crippen molar-refractivity contribution in [1.29, 1.82) is 0 Å². The van der Waals surface area contributed by atoms with Crippen LogP contribution in [0.2, 0.25) is 0 Å². The van der Waals surface area contributed by atoms with Gasteiger partial charge < -0.3 is 10.6 Å². The second kappa shape index (κ2) is 7.53. The summed E-state index contributed by atoms with van der Waals surface area (Å²) >= 11 is 0. The molecule has 1 amide bonds. The summed E-state index contributed by atoms with van der Waals surface area (Å²) < 4.78 is 0. The topological polar surface area (TPSA) is 79.8 Å². The highest BCUT2D eigenvalue weighted by molar-refractivity contribution is 5.93. The molecule has 0 saturated carbocycles. The van der Waals surface area contributed by atoms with Crippen LogP contribution in [-0.2, 0) is 6.54 Å². The van der Waals surface area contributed by atoms with Crippen molar-refractivity contribution < 1.29 is 4.79 Å². The maximum atomic E-state index is 11.6. The number of carbonyl (C=O) groups excluding carboxylic acids is 1. The van der Waals surface area contributed by atoms with Crippen LogP contribution in [0.1, 0.15) is 21.6 Å². The Morgan fingerprint density at radius 1 is 1.04 bits per heavy atom. The molecule has 6 nitrogen and oxygen atoms in total. The van der Waals surface area contributed by atoms with Crippen molar-refractivity contribution in [2.75, 3.05) is 12.4 Å². The Morgan fingerprint density at radius 3 is 2.44 bits per heavy atom. The minimum Gasteiger partial charge on any atom is -0.366 e. The van der Waals surface area contributed by atoms with Crippen LogP contribution in [0.25, 0.3) is 11.4 Å². The Labute approximate surface area is 146 Å². The molecule has 2 heterocycles. The maximum Gasteiger partial charge on any atom is 0.251 e. The fourth-order valence-corrected chi connectivity index (χ4v) is 2.40. The molecule has 0 spiro atoms. The average molecular weight is 333 g/mol. The third kappa shape index (κ3) is 4.17. The van der Waals surface area contributed by atoms with Gasteiger partial charge in [-0.25, -0.2) is 9.97 Å². The molecule has 0 atom stereocenters. The number of hydrogen-bond donors (Lipinski definition) is 2. The fraction of sp³-hybridized carbons (Fsp3) is 0.158. The van der Waals surface area contributed by atoms with Crippen LogP contribution in [0.15, 0.2) is 54.9 Å². The quantitative estimate of drug-likeness (QED) is 0.750. The molecule has 0 saturated heterocycles. The number of pyridine rings is 1. The van der Waals surface area contributed by atoms with Gasteiger partial charge in [-0.15, -0.1) is 0 Å². The summed E-state index contributed by atoms with van der Waals surface area (Å²) in [5.74, 6) is 1.34. The molecule has 0 aliphatic heterocycles. The van der Waals surface area contributed by atoms with Gasteiger partial charge in [0.2, 0.25) is 0 Å². The van der Waals surface area contributed by atoms with Gasteiger partial charge in [-0.1, -0.05) is 12.1 Å². The van der Waals surface area contributed by atoms with Crippen molar-refractivity contribution in [3.8, 4) is 11.4 Å². The van der Waals surface area contributed by atoms with Crippen molar-refractivity contribution in [3.63, 3.8) is 0 Å². The zero-order chi connectivity index (χ0) is 17.6. The molecule has 0 bridgehead atoms. The van der Waals surface area contributed by atoms with E-state index in [1.165, 1.54) is 0 Å². The molecule has 2 N–H and O–H groups in total. The number of carbonyl (C=O) groups is 1. The number of nitrogens with one attached hydrogen (secondary N) is 2. The van der Waals surface area contributed by atoms with E-state index < -0.39 is 0 Å². The van der Waals surface area contributed by atoms with Crippen LogP contribution in [0.5, 0.6) is 0 Å². The molecule has 0 aliphatic rings. The summed E-state index contributed by atoms with van der Waals surface area (Å²) in [5, 5.41) is 5.92. The van der Waals surface area contributed by atoms with Crippen molar-refractivity contribution in [3.05, 3.63) is 71.7 Å². The largest absolute Gasteiger partial charge is 0.366 e. The van der Waals surface area contributed by atoms with Gasteiger partial charge in [0.15, 0.2) is 5.82 Å². The summed E-state index contributed by atoms with van der Waals surface area (Å²) in [4.78, 5) is 24.6. The molecule has 1 aromatic carbocycles. The van der Waals surface area contributed by atoms with E-state index >= 15 is 0 Å². The second-order valence-corrected chi connectivity index (χ2v) is 5.58. The van der Waals surface area contributed by atoms with E-state index in [1.807, 2.05) is 49.4 Å². The summed E-state index contributed by atoms with van der Waals surface area (Å²) in [6.07, 6.45) is 3.45. The van der Waals surface area contributed by atoms with Crippen LogP contribution >= 0.6 is 0 Å². The van der Waals surface area contributed by atoms with Crippen molar-refractivity contribution in [1.82, 2.24) is 20.3 Å². The molecule has 0 aliphatic carbocycles. The third-order valence-corrected chi connectivity index (χ3v) is 3.71. The van der Waals surface area contributed by atoms with Crippen LogP contribution in [0, 0.1) is 6.92 Å². The minimum atomic E-state index is -0.0899. The number of nitrogens with zero attached hydrogens (tertiary/aromatic N) is 3. The lowest BCUT2D eigenvalue weighted by Crippen LogP contribution is -2.17. The SMILES string of the molecule is CNC(=O)c1ccc(CNc2cc(C)nc(-c3ccncc3)n2)cc1. The number of benzene rings is 1. The zero-order valence-corrected chi connectivity index (χ0v) is 14.2. The van der Waals surface area contributed by atoms with E-state index in [0.717, 1.165) is 22.6 Å². The van der Waals surface area contributed by atoms with E-state index in [4.69, 9.17) is 0 Å². The highest BCUT2D eigenvalue weighted by Gasteiger charge is 2.06. The molecule has 2 aromatic heterocycles. The number of aryl methyl sites for hydroxylation is 1. The van der Waals surface area contributed by atoms with Crippen molar-refractivity contribution in [2.45, 2.75) is 13.5 Å². The van der Waals surface area contributed by atoms with E-state index in [-0.39, 0.29) is 5.91 Å². The van der Waals surface area contributed by atoms with Crippen molar-refractivity contribution >= 4 is 11.7 Å². The predicted molar refractivity (Wildman–Crippen MR) is 97.2 cm³/mol. The molecular formula is C19H19N5O. The van der Waals surface area contributed by atoms with E-state index in [0.29, 0.717) is 17.9 Å². The van der Waals surface area contributed by atoms with Crippen LogP contribution < -0.4 is 10.6 Å². The van der Waals surface area contributed by atoms with Gasteiger partial charge in [0, 0.05) is 48.9 Å². The lowest BCUT2D eigenvalue weighted by molar-refractivity contribution is 0.0963. The monoisotopic (exact) mass is 333 g/mol. The lowest BCUT2D eigenvalue weighted by Gasteiger charge is -2.09. The smallest absolute Gasteiger partial charge is 0.251 e. The Hall–Kier alpha value is -3.28.